The summed E-state index contributed by atoms with van der Waals surface area (Å²) < 4.78 is 18.9. The number of benzene rings is 4. The minimum absolute atomic E-state index is 0.0326. The maximum Gasteiger partial charge on any atom is 0.414 e. The molecule has 1 heterocycles. The van der Waals surface area contributed by atoms with Crippen molar-refractivity contribution in [2.45, 2.75) is 77.2 Å². The van der Waals surface area contributed by atoms with Gasteiger partial charge < -0.3 is 13.9 Å². The molecule has 0 saturated carbocycles. The molecule has 1 aliphatic heterocycles. The molecular weight excluding hydrogens is 627 g/mol. The highest BCUT2D eigenvalue weighted by molar-refractivity contribution is 6.99. The second kappa shape index (κ2) is 17.4. The highest BCUT2D eigenvalue weighted by Crippen LogP contribution is 2.37. The monoisotopic (exact) mass is 675 g/mol. The van der Waals surface area contributed by atoms with E-state index in [9.17, 15) is 9.59 Å². The van der Waals surface area contributed by atoms with Gasteiger partial charge in [0.1, 0.15) is 6.61 Å². The molecule has 256 valence electrons. The average Bonchev–Trinajstić information content (AvgIpc) is 3.11. The zero-order chi connectivity index (χ0) is 34.5. The second-order valence-electron chi connectivity index (χ2n) is 13.7. The van der Waals surface area contributed by atoms with Crippen LogP contribution in [0.15, 0.2) is 133 Å². The van der Waals surface area contributed by atoms with Gasteiger partial charge >= 0.3 is 6.09 Å². The van der Waals surface area contributed by atoms with Crippen molar-refractivity contribution in [1.29, 1.82) is 0 Å². The Morgan fingerprint density at radius 1 is 0.735 bits per heavy atom. The lowest BCUT2D eigenvalue weighted by molar-refractivity contribution is -0.116. The highest BCUT2D eigenvalue weighted by atomic mass is 28.4. The number of amides is 1. The molecule has 0 spiro atoms. The van der Waals surface area contributed by atoms with Crippen LogP contribution in [0.3, 0.4) is 0 Å². The van der Waals surface area contributed by atoms with E-state index in [1.165, 1.54) is 10.4 Å². The fourth-order valence-electron chi connectivity index (χ4n) is 6.78. The minimum atomic E-state index is -2.71. The van der Waals surface area contributed by atoms with Gasteiger partial charge in [-0.1, -0.05) is 142 Å². The first-order valence-electron chi connectivity index (χ1n) is 17.4. The maximum atomic E-state index is 13.8. The van der Waals surface area contributed by atoms with Crippen molar-refractivity contribution >= 4 is 30.6 Å². The first-order chi connectivity index (χ1) is 23.8. The van der Waals surface area contributed by atoms with Gasteiger partial charge in [-0.15, -0.1) is 0 Å². The Morgan fingerprint density at radius 2 is 1.27 bits per heavy atom. The van der Waals surface area contributed by atoms with E-state index in [4.69, 9.17) is 13.9 Å². The minimum Gasteiger partial charge on any atom is -0.444 e. The molecule has 0 bridgehead atoms. The van der Waals surface area contributed by atoms with Crippen molar-refractivity contribution in [2.75, 3.05) is 13.2 Å². The van der Waals surface area contributed by atoms with E-state index in [2.05, 4.69) is 69.3 Å². The van der Waals surface area contributed by atoms with Crippen molar-refractivity contribution in [3.8, 4) is 0 Å². The Hall–Kier alpha value is -4.30. The van der Waals surface area contributed by atoms with Crippen LogP contribution in [0.1, 0.15) is 64.0 Å². The second-order valence-corrected chi connectivity index (χ2v) is 18.0. The van der Waals surface area contributed by atoms with Crippen molar-refractivity contribution in [2.24, 2.45) is 0 Å². The third kappa shape index (κ3) is 9.44. The summed E-state index contributed by atoms with van der Waals surface area (Å²) in [6.07, 6.45) is 4.00. The standard InChI is InChI=1S/C42H49NO5Si/c1-42(2,3)49(39-24-12-6-13-25-39,40-26-14-7-15-27-40)48-29-17-23-37-31-38(44)30-36(22-16-28-46-32-34-18-8-4-9-19-34)43(37)41(45)47-33-35-20-10-5-11-21-35/h4-15,18-21,24-27,31,36H,16-17,22-23,28-30,32-33H2,1-3H3/t36-/m1/s1. The quantitative estimate of drug-likeness (QED) is 0.0939. The summed E-state index contributed by atoms with van der Waals surface area (Å²) in [5.74, 6) is 0.0326. The van der Waals surface area contributed by atoms with Gasteiger partial charge in [0.05, 0.1) is 6.61 Å². The first-order valence-corrected chi connectivity index (χ1v) is 19.3. The van der Waals surface area contributed by atoms with E-state index in [0.29, 0.717) is 44.8 Å². The van der Waals surface area contributed by atoms with E-state index in [1.807, 2.05) is 72.8 Å². The first kappa shape index (κ1) is 36.0. The Labute approximate surface area is 292 Å². The van der Waals surface area contributed by atoms with Crippen LogP contribution in [0.25, 0.3) is 0 Å². The predicted molar refractivity (Wildman–Crippen MR) is 198 cm³/mol. The number of ether oxygens (including phenoxy) is 2. The van der Waals surface area contributed by atoms with E-state index >= 15 is 0 Å². The Morgan fingerprint density at radius 3 is 1.82 bits per heavy atom. The molecule has 0 radical (unpaired) electrons. The van der Waals surface area contributed by atoms with Crippen LogP contribution in [0.2, 0.25) is 5.04 Å². The van der Waals surface area contributed by atoms with Crippen LogP contribution in [0.5, 0.6) is 0 Å². The van der Waals surface area contributed by atoms with Crippen LogP contribution in [-0.2, 0) is 31.9 Å². The summed E-state index contributed by atoms with van der Waals surface area (Å²) in [7, 11) is -2.71. The number of rotatable bonds is 15. The normalized spacial score (nSPS) is 15.2. The van der Waals surface area contributed by atoms with Gasteiger partial charge in [-0.2, -0.15) is 0 Å². The molecule has 49 heavy (non-hydrogen) atoms. The molecule has 4 aromatic rings. The molecule has 1 amide bonds. The third-order valence-corrected chi connectivity index (χ3v) is 14.1. The van der Waals surface area contributed by atoms with Crippen molar-refractivity contribution < 1.29 is 23.5 Å². The van der Waals surface area contributed by atoms with Gasteiger partial charge in [-0.05, 0) is 52.2 Å². The zero-order valence-electron chi connectivity index (χ0n) is 29.1. The Balaban J connectivity index is 1.29. The zero-order valence-corrected chi connectivity index (χ0v) is 30.1. The summed E-state index contributed by atoms with van der Waals surface area (Å²) in [6, 6.07) is 40.6. The molecule has 4 aromatic carbocycles. The van der Waals surface area contributed by atoms with E-state index < -0.39 is 14.4 Å². The van der Waals surface area contributed by atoms with Gasteiger partial charge in [0.25, 0.3) is 8.32 Å². The molecular formula is C42H49NO5Si. The molecule has 5 rings (SSSR count). The van der Waals surface area contributed by atoms with Gasteiger partial charge in [0.2, 0.25) is 0 Å². The molecule has 6 nitrogen and oxygen atoms in total. The van der Waals surface area contributed by atoms with Gasteiger partial charge in [-0.3, -0.25) is 9.69 Å². The molecule has 1 atom stereocenters. The summed E-state index contributed by atoms with van der Waals surface area (Å²) in [6.45, 7) is 8.52. The number of allylic oxidation sites excluding steroid dienone is 2. The number of carbonyl (C=O) groups is 2. The van der Waals surface area contributed by atoms with Crippen molar-refractivity contribution in [3.05, 3.63) is 144 Å². The predicted octanol–water partition coefficient (Wildman–Crippen LogP) is 8.20. The molecule has 0 N–H and O–H groups in total. The number of ketones is 1. The lowest BCUT2D eigenvalue weighted by Gasteiger charge is -2.43. The number of hydrogen-bond donors (Lipinski definition) is 0. The summed E-state index contributed by atoms with van der Waals surface area (Å²) >= 11 is 0. The third-order valence-electron chi connectivity index (χ3n) is 9.09. The van der Waals surface area contributed by atoms with Gasteiger partial charge in [0, 0.05) is 37.4 Å². The van der Waals surface area contributed by atoms with E-state index in [0.717, 1.165) is 17.5 Å². The smallest absolute Gasteiger partial charge is 0.414 e. The van der Waals surface area contributed by atoms with Gasteiger partial charge in [-0.25, -0.2) is 4.79 Å². The van der Waals surface area contributed by atoms with Crippen LogP contribution in [0, 0.1) is 0 Å². The van der Waals surface area contributed by atoms with E-state index in [1.54, 1.807) is 11.0 Å². The van der Waals surface area contributed by atoms with Crippen LogP contribution in [-0.4, -0.2) is 44.3 Å². The summed E-state index contributed by atoms with van der Waals surface area (Å²) in [5, 5.41) is 2.30. The number of nitrogens with zero attached hydrogens (tertiary/aromatic N) is 1. The molecule has 7 heteroatoms. The Bertz CT molecular complexity index is 1600. The van der Waals surface area contributed by atoms with Gasteiger partial charge in [0.15, 0.2) is 5.78 Å². The largest absolute Gasteiger partial charge is 0.444 e. The highest BCUT2D eigenvalue weighted by Gasteiger charge is 2.50. The summed E-state index contributed by atoms with van der Waals surface area (Å²) in [5.41, 5.74) is 2.72. The van der Waals surface area contributed by atoms with E-state index in [-0.39, 0.29) is 29.9 Å². The number of carbonyl (C=O) groups excluding carboxylic acids is 2. The fourth-order valence-corrected chi connectivity index (χ4v) is 11.4. The van der Waals surface area contributed by atoms with Crippen LogP contribution in [0.4, 0.5) is 4.79 Å². The molecule has 0 aromatic heterocycles. The molecule has 0 aliphatic carbocycles. The van der Waals surface area contributed by atoms with Crippen molar-refractivity contribution in [1.82, 2.24) is 4.90 Å². The fraction of sp³-hybridized carbons (Fsp3) is 0.333. The maximum absolute atomic E-state index is 13.8. The lowest BCUT2D eigenvalue weighted by atomic mass is 9.96. The van der Waals surface area contributed by atoms with Crippen LogP contribution < -0.4 is 10.4 Å². The topological polar surface area (TPSA) is 65.1 Å². The lowest BCUT2D eigenvalue weighted by Crippen LogP contribution is -2.66. The molecule has 0 unspecified atom stereocenters. The summed E-state index contributed by atoms with van der Waals surface area (Å²) in [4.78, 5) is 28.6. The van der Waals surface area contributed by atoms with Crippen LogP contribution >= 0.6 is 0 Å². The molecule has 1 aliphatic rings. The average molecular weight is 676 g/mol. The SMILES string of the molecule is CC(C)(C)[Si](OCCCC1=CC(=O)C[C@@H](CCCOCc2ccccc2)N1C(=O)OCc1ccccc1)(c1ccccc1)c1ccccc1. The Kier molecular flexibility index (Phi) is 12.8. The van der Waals surface area contributed by atoms with Crippen molar-refractivity contribution in [3.63, 3.8) is 0 Å². The molecule has 0 fully saturated rings. The molecule has 0 saturated heterocycles. The number of hydrogen-bond acceptors (Lipinski definition) is 5.